The van der Waals surface area contributed by atoms with Gasteiger partial charge in [0.1, 0.15) is 5.75 Å². The molecule has 0 aliphatic carbocycles. The van der Waals surface area contributed by atoms with Crippen LogP contribution in [0.5, 0.6) is 5.75 Å². The summed E-state index contributed by atoms with van der Waals surface area (Å²) in [7, 11) is 1.65. The van der Waals surface area contributed by atoms with E-state index in [4.69, 9.17) is 4.74 Å². The van der Waals surface area contributed by atoms with Crippen molar-refractivity contribution in [3.63, 3.8) is 0 Å². The number of rotatable bonds is 7. The molecule has 1 atom stereocenters. The molecular weight excluding hydrogens is 314 g/mol. The van der Waals surface area contributed by atoms with Gasteiger partial charge in [-0.2, -0.15) is 0 Å². The smallest absolute Gasteiger partial charge is 0.191 e. The third-order valence-corrected chi connectivity index (χ3v) is 3.85. The molecule has 3 N–H and O–H groups in total. The number of nitrogens with zero attached hydrogens (tertiary/aromatic N) is 1. The van der Waals surface area contributed by atoms with Crippen molar-refractivity contribution in [2.24, 2.45) is 4.99 Å². The topological polar surface area (TPSA) is 65.9 Å². The van der Waals surface area contributed by atoms with Gasteiger partial charge in [0.15, 0.2) is 5.96 Å². The average molecular weight is 341 g/mol. The van der Waals surface area contributed by atoms with E-state index in [-0.39, 0.29) is 0 Å². The molecule has 1 unspecified atom stereocenters. The second-order valence-corrected chi connectivity index (χ2v) is 5.85. The summed E-state index contributed by atoms with van der Waals surface area (Å²) in [5.74, 6) is 1.52. The van der Waals surface area contributed by atoms with Crippen molar-refractivity contribution in [2.75, 3.05) is 20.2 Å². The molecule has 5 nitrogen and oxygen atoms in total. The normalized spacial score (nSPS) is 12.6. The molecule has 5 heteroatoms. The lowest BCUT2D eigenvalue weighted by Crippen LogP contribution is -2.39. The summed E-state index contributed by atoms with van der Waals surface area (Å²) in [5, 5.41) is 16.7. The number of aliphatic hydroxyl groups excluding tert-OH is 1. The zero-order valence-electron chi connectivity index (χ0n) is 15.1. The fourth-order valence-corrected chi connectivity index (χ4v) is 2.34. The Morgan fingerprint density at radius 1 is 1.08 bits per heavy atom. The number of methoxy groups -OCH3 is 1. The van der Waals surface area contributed by atoms with E-state index in [0.29, 0.717) is 19.0 Å². The maximum Gasteiger partial charge on any atom is 0.191 e. The number of aliphatic imine (C=N–C) groups is 1. The molecule has 25 heavy (non-hydrogen) atoms. The van der Waals surface area contributed by atoms with Crippen molar-refractivity contribution < 1.29 is 9.84 Å². The van der Waals surface area contributed by atoms with E-state index < -0.39 is 6.10 Å². The lowest BCUT2D eigenvalue weighted by atomic mass is 10.1. The molecule has 0 heterocycles. The lowest BCUT2D eigenvalue weighted by Gasteiger charge is -2.15. The summed E-state index contributed by atoms with van der Waals surface area (Å²) >= 11 is 0. The molecule has 0 saturated carbocycles. The Balaban J connectivity index is 1.93. The van der Waals surface area contributed by atoms with Crippen LogP contribution in [-0.2, 0) is 6.54 Å². The van der Waals surface area contributed by atoms with E-state index in [0.717, 1.165) is 23.4 Å². The van der Waals surface area contributed by atoms with Gasteiger partial charge in [-0.05, 0) is 37.1 Å². The molecular formula is C20H27N3O2. The minimum absolute atomic E-state index is 0.400. The number of guanidine groups is 1. The molecule has 134 valence electrons. The van der Waals surface area contributed by atoms with E-state index in [1.165, 1.54) is 5.56 Å². The Bertz CT molecular complexity index is 666. The first-order chi connectivity index (χ1) is 12.1. The zero-order valence-corrected chi connectivity index (χ0v) is 15.1. The van der Waals surface area contributed by atoms with Gasteiger partial charge in [-0.3, -0.25) is 0 Å². The SMILES string of the molecule is CCNC(=NCc1ccc(OC)cc1)NCC(O)c1ccc(C)cc1. The predicted octanol–water partition coefficient (Wildman–Crippen LogP) is 2.79. The molecule has 2 aromatic rings. The fraction of sp³-hybridized carbons (Fsp3) is 0.350. The third kappa shape index (κ3) is 6.12. The highest BCUT2D eigenvalue weighted by Gasteiger charge is 2.08. The van der Waals surface area contributed by atoms with E-state index in [1.807, 2.05) is 62.4 Å². The van der Waals surface area contributed by atoms with Crippen LogP contribution in [0.2, 0.25) is 0 Å². The van der Waals surface area contributed by atoms with Crippen LogP contribution in [0, 0.1) is 6.92 Å². The van der Waals surface area contributed by atoms with E-state index in [9.17, 15) is 5.11 Å². The highest BCUT2D eigenvalue weighted by molar-refractivity contribution is 5.79. The minimum atomic E-state index is -0.578. The van der Waals surface area contributed by atoms with Crippen molar-refractivity contribution in [3.8, 4) is 5.75 Å². The molecule has 0 radical (unpaired) electrons. The Labute approximate surface area is 149 Å². The molecule has 0 bridgehead atoms. The van der Waals surface area contributed by atoms with Crippen LogP contribution in [0.15, 0.2) is 53.5 Å². The summed E-state index contributed by atoms with van der Waals surface area (Å²) in [6.45, 7) is 5.76. The lowest BCUT2D eigenvalue weighted by molar-refractivity contribution is 0.181. The first kappa shape index (κ1) is 18.8. The van der Waals surface area contributed by atoms with Crippen molar-refractivity contribution in [1.29, 1.82) is 0 Å². The Hall–Kier alpha value is -2.53. The van der Waals surface area contributed by atoms with Gasteiger partial charge in [0.2, 0.25) is 0 Å². The molecule has 0 saturated heterocycles. The Morgan fingerprint density at radius 2 is 1.76 bits per heavy atom. The number of aliphatic hydroxyl groups is 1. The van der Waals surface area contributed by atoms with E-state index in [2.05, 4.69) is 15.6 Å². The molecule has 0 aliphatic heterocycles. The summed E-state index contributed by atoms with van der Waals surface area (Å²) in [4.78, 5) is 4.56. The first-order valence-electron chi connectivity index (χ1n) is 8.52. The van der Waals surface area contributed by atoms with Crippen LogP contribution in [-0.4, -0.2) is 31.3 Å². The van der Waals surface area contributed by atoms with Gasteiger partial charge in [-0.25, -0.2) is 4.99 Å². The molecule has 2 rings (SSSR count). The minimum Gasteiger partial charge on any atom is -0.497 e. The van der Waals surface area contributed by atoms with Gasteiger partial charge >= 0.3 is 0 Å². The highest BCUT2D eigenvalue weighted by Crippen LogP contribution is 2.13. The first-order valence-corrected chi connectivity index (χ1v) is 8.52. The largest absolute Gasteiger partial charge is 0.497 e. The number of aryl methyl sites for hydroxylation is 1. The zero-order chi connectivity index (χ0) is 18.1. The second kappa shape index (κ2) is 9.69. The summed E-state index contributed by atoms with van der Waals surface area (Å²) in [5.41, 5.74) is 3.17. The monoisotopic (exact) mass is 341 g/mol. The number of ether oxygens (including phenoxy) is 1. The van der Waals surface area contributed by atoms with Gasteiger partial charge in [-0.1, -0.05) is 42.0 Å². The van der Waals surface area contributed by atoms with Gasteiger partial charge < -0.3 is 20.5 Å². The molecule has 0 fully saturated rings. The van der Waals surface area contributed by atoms with Gasteiger partial charge in [-0.15, -0.1) is 0 Å². The average Bonchev–Trinajstić information content (AvgIpc) is 2.64. The summed E-state index contributed by atoms with van der Waals surface area (Å²) in [6.07, 6.45) is -0.578. The number of hydrogen-bond donors (Lipinski definition) is 3. The second-order valence-electron chi connectivity index (χ2n) is 5.85. The number of benzene rings is 2. The van der Waals surface area contributed by atoms with Crippen molar-refractivity contribution in [2.45, 2.75) is 26.5 Å². The van der Waals surface area contributed by atoms with E-state index >= 15 is 0 Å². The molecule has 0 amide bonds. The highest BCUT2D eigenvalue weighted by atomic mass is 16.5. The maximum absolute atomic E-state index is 10.3. The van der Waals surface area contributed by atoms with Crippen LogP contribution in [0.1, 0.15) is 29.7 Å². The van der Waals surface area contributed by atoms with Gasteiger partial charge in [0.05, 0.1) is 19.8 Å². The maximum atomic E-state index is 10.3. The Morgan fingerprint density at radius 3 is 2.36 bits per heavy atom. The van der Waals surface area contributed by atoms with Gasteiger partial charge in [0, 0.05) is 13.1 Å². The number of nitrogens with one attached hydrogen (secondary N) is 2. The quantitative estimate of drug-likeness (QED) is 0.535. The van der Waals surface area contributed by atoms with Crippen LogP contribution in [0.3, 0.4) is 0 Å². The van der Waals surface area contributed by atoms with Crippen LogP contribution in [0.4, 0.5) is 0 Å². The van der Waals surface area contributed by atoms with Crippen LogP contribution in [0.25, 0.3) is 0 Å². The fourth-order valence-electron chi connectivity index (χ4n) is 2.34. The predicted molar refractivity (Wildman–Crippen MR) is 102 cm³/mol. The Kier molecular flexibility index (Phi) is 7.29. The van der Waals surface area contributed by atoms with Crippen molar-refractivity contribution >= 4 is 5.96 Å². The molecule has 0 aliphatic rings. The molecule has 0 spiro atoms. The van der Waals surface area contributed by atoms with E-state index in [1.54, 1.807) is 7.11 Å². The molecule has 2 aromatic carbocycles. The summed E-state index contributed by atoms with van der Waals surface area (Å²) < 4.78 is 5.16. The van der Waals surface area contributed by atoms with Crippen LogP contribution < -0.4 is 15.4 Å². The van der Waals surface area contributed by atoms with Crippen LogP contribution >= 0.6 is 0 Å². The standard InChI is InChI=1S/C20H27N3O2/c1-4-21-20(22-13-16-7-11-18(25-3)12-8-16)23-14-19(24)17-9-5-15(2)6-10-17/h5-12,19,24H,4,13-14H2,1-3H3,(H2,21,22,23). The third-order valence-electron chi connectivity index (χ3n) is 3.85. The number of hydrogen-bond acceptors (Lipinski definition) is 3. The van der Waals surface area contributed by atoms with Crippen molar-refractivity contribution in [3.05, 3.63) is 65.2 Å². The van der Waals surface area contributed by atoms with Gasteiger partial charge in [0.25, 0.3) is 0 Å². The summed E-state index contributed by atoms with van der Waals surface area (Å²) in [6, 6.07) is 15.7. The van der Waals surface area contributed by atoms with Crippen molar-refractivity contribution in [1.82, 2.24) is 10.6 Å². The molecule has 0 aromatic heterocycles.